The number of carbonyl (C=O) groups is 4. The molecule has 0 aliphatic carbocycles. The fraction of sp³-hybridized carbons (Fsp3) is 0.890. The first-order valence-electron chi connectivity index (χ1n) is 37.2. The van der Waals surface area contributed by atoms with Crippen molar-refractivity contribution in [2.75, 3.05) is 39.6 Å². The van der Waals surface area contributed by atoms with Gasteiger partial charge in [-0.1, -0.05) is 291 Å². The second-order valence-corrected chi connectivity index (χ2v) is 29.7. The first-order chi connectivity index (χ1) is 44.3. The number of allylic oxidation sites excluding steroid dienone is 4. The van der Waals surface area contributed by atoms with Crippen LogP contribution in [0, 0.1) is 17.8 Å². The van der Waals surface area contributed by atoms with Gasteiger partial charge in [0, 0.05) is 25.7 Å². The van der Waals surface area contributed by atoms with Gasteiger partial charge in [-0.15, -0.1) is 0 Å². The molecule has 0 radical (unpaired) electrons. The van der Waals surface area contributed by atoms with E-state index in [4.69, 9.17) is 37.0 Å². The molecule has 17 nitrogen and oxygen atoms in total. The Morgan fingerprint density at radius 2 is 0.641 bits per heavy atom. The number of aliphatic hydroxyl groups excluding tert-OH is 1. The monoisotopic (exact) mass is 1350 g/mol. The van der Waals surface area contributed by atoms with E-state index in [1.807, 2.05) is 0 Å². The fourth-order valence-corrected chi connectivity index (χ4v) is 12.1. The fourth-order valence-electron chi connectivity index (χ4n) is 10.5. The smallest absolute Gasteiger partial charge is 0.462 e. The molecule has 0 saturated carbocycles. The maximum absolute atomic E-state index is 13.0. The number of ether oxygens (including phenoxy) is 4. The molecular weight excluding hydrogens is 1210 g/mol. The van der Waals surface area contributed by atoms with Crippen LogP contribution >= 0.6 is 15.6 Å². The molecule has 6 atom stereocenters. The Morgan fingerprint density at radius 3 is 0.967 bits per heavy atom. The van der Waals surface area contributed by atoms with E-state index in [1.165, 1.54) is 135 Å². The zero-order valence-corrected chi connectivity index (χ0v) is 61.3. The van der Waals surface area contributed by atoms with Gasteiger partial charge in [0.1, 0.15) is 19.3 Å². The summed E-state index contributed by atoms with van der Waals surface area (Å²) in [6, 6.07) is 0. The van der Waals surface area contributed by atoms with Crippen LogP contribution in [-0.2, 0) is 65.4 Å². The minimum atomic E-state index is -4.96. The van der Waals surface area contributed by atoms with Crippen molar-refractivity contribution in [3.05, 3.63) is 24.3 Å². The Morgan fingerprint density at radius 1 is 0.359 bits per heavy atom. The van der Waals surface area contributed by atoms with Gasteiger partial charge in [0.15, 0.2) is 12.2 Å². The second kappa shape index (κ2) is 63.3. The third kappa shape index (κ3) is 64.9. The number of phosphoric ester groups is 2. The Bertz CT molecular complexity index is 1900. The third-order valence-electron chi connectivity index (χ3n) is 16.6. The lowest BCUT2D eigenvalue weighted by molar-refractivity contribution is -0.161. The molecule has 3 unspecified atom stereocenters. The number of esters is 4. The summed E-state index contributed by atoms with van der Waals surface area (Å²) < 4.78 is 68.4. The molecule has 0 rings (SSSR count). The van der Waals surface area contributed by atoms with Crippen molar-refractivity contribution in [3.8, 4) is 0 Å². The lowest BCUT2D eigenvalue weighted by atomic mass is 10.00. The van der Waals surface area contributed by atoms with Gasteiger partial charge in [-0.2, -0.15) is 0 Å². The molecule has 0 aromatic rings. The summed E-state index contributed by atoms with van der Waals surface area (Å²) in [5, 5.41) is 10.6. The standard InChI is InChI=1S/C73H138O17P2/c1-8-10-11-12-13-14-15-16-17-18-21-28-33-42-49-56-72(77)89-68(60-83-70(75)54-47-40-32-27-22-19-20-25-30-37-44-51-64(3)4)62-87-91(79,80)85-58-67(74)59-86-92(81,82)88-63-69(61-84-71(76)55-48-41-36-35-39-46-53-66(7)9-2)90-73(78)57-50-43-34-29-24-23-26-31-38-45-52-65(5)6/h14-17,64-69,74H,8-13,18-63H2,1-7H3,(H,79,80)(H,81,82)/b15-14-,17-16-/t66?,67-,68-,69-/m1/s1. The lowest BCUT2D eigenvalue weighted by Crippen LogP contribution is -2.30. The van der Waals surface area contributed by atoms with E-state index in [2.05, 4.69) is 72.8 Å². The molecule has 0 amide bonds. The molecule has 0 saturated heterocycles. The average molecular weight is 1350 g/mol. The molecule has 0 aromatic carbocycles. The Hall–Kier alpha value is -2.46. The molecule has 0 heterocycles. The van der Waals surface area contributed by atoms with E-state index in [0.717, 1.165) is 127 Å². The van der Waals surface area contributed by atoms with Crippen molar-refractivity contribution < 1.29 is 80.2 Å². The van der Waals surface area contributed by atoms with Crippen molar-refractivity contribution in [1.82, 2.24) is 0 Å². The zero-order valence-electron chi connectivity index (χ0n) is 59.5. The molecule has 0 bridgehead atoms. The number of carbonyl (C=O) groups excluding carboxylic acids is 4. The molecule has 0 fully saturated rings. The molecule has 0 aromatic heterocycles. The quantitative estimate of drug-likeness (QED) is 0.0169. The number of phosphoric acid groups is 2. The van der Waals surface area contributed by atoms with E-state index >= 15 is 0 Å². The van der Waals surface area contributed by atoms with Crippen LogP contribution in [0.25, 0.3) is 0 Å². The maximum atomic E-state index is 13.0. The number of unbranched alkanes of at least 4 members (excludes halogenated alkanes) is 33. The number of hydrogen-bond acceptors (Lipinski definition) is 15. The summed E-state index contributed by atoms with van der Waals surface area (Å²) in [4.78, 5) is 72.7. The molecule has 19 heteroatoms. The SMILES string of the molecule is CCCCCC/C=C\C=C/CCCCCCCC(=O)O[C@H](COC(=O)CCCCCCCCCCCCCC(C)C)COP(=O)(O)OC[C@@H](O)COP(=O)(O)OC[C@@H](COC(=O)CCCCCCCCC(C)CC)OC(=O)CCCCCCCCCCCCC(C)C. The first kappa shape index (κ1) is 89.5. The van der Waals surface area contributed by atoms with Gasteiger partial charge in [-0.05, 0) is 69.1 Å². The van der Waals surface area contributed by atoms with Crippen LogP contribution in [0.3, 0.4) is 0 Å². The summed E-state index contributed by atoms with van der Waals surface area (Å²) in [7, 11) is -9.92. The highest BCUT2D eigenvalue weighted by atomic mass is 31.2. The number of hydrogen-bond donors (Lipinski definition) is 3. The van der Waals surface area contributed by atoms with E-state index in [9.17, 15) is 43.2 Å². The Kier molecular flexibility index (Phi) is 61.6. The van der Waals surface area contributed by atoms with Crippen molar-refractivity contribution >= 4 is 39.5 Å². The largest absolute Gasteiger partial charge is 0.472 e. The summed E-state index contributed by atoms with van der Waals surface area (Å²) in [6.07, 6.45) is 50.7. The second-order valence-electron chi connectivity index (χ2n) is 26.8. The van der Waals surface area contributed by atoms with Crippen LogP contribution < -0.4 is 0 Å². The van der Waals surface area contributed by atoms with Crippen LogP contribution in [0.1, 0.15) is 344 Å². The van der Waals surface area contributed by atoms with Crippen molar-refractivity contribution in [2.24, 2.45) is 17.8 Å². The summed E-state index contributed by atoms with van der Waals surface area (Å²) in [6.45, 7) is 11.8. The molecule has 0 aliphatic heterocycles. The molecular formula is C73H138O17P2. The first-order valence-corrected chi connectivity index (χ1v) is 40.2. The highest BCUT2D eigenvalue weighted by Crippen LogP contribution is 2.45. The molecule has 542 valence electrons. The minimum absolute atomic E-state index is 0.0844. The third-order valence-corrected chi connectivity index (χ3v) is 18.5. The van der Waals surface area contributed by atoms with Gasteiger partial charge >= 0.3 is 39.5 Å². The van der Waals surface area contributed by atoms with Gasteiger partial charge in [0.25, 0.3) is 0 Å². The van der Waals surface area contributed by atoms with Crippen LogP contribution in [0.4, 0.5) is 0 Å². The van der Waals surface area contributed by atoms with E-state index in [-0.39, 0.29) is 25.7 Å². The molecule has 0 spiro atoms. The number of rotatable bonds is 69. The van der Waals surface area contributed by atoms with Crippen molar-refractivity contribution in [1.29, 1.82) is 0 Å². The van der Waals surface area contributed by atoms with E-state index < -0.39 is 97.5 Å². The average Bonchev–Trinajstić information content (AvgIpc) is 3.31. The topological polar surface area (TPSA) is 237 Å². The van der Waals surface area contributed by atoms with Crippen LogP contribution in [0.2, 0.25) is 0 Å². The lowest BCUT2D eigenvalue weighted by Gasteiger charge is -2.21. The normalized spacial score (nSPS) is 14.6. The van der Waals surface area contributed by atoms with Gasteiger partial charge < -0.3 is 33.8 Å². The predicted octanol–water partition coefficient (Wildman–Crippen LogP) is 20.6. The highest BCUT2D eigenvalue weighted by Gasteiger charge is 2.30. The minimum Gasteiger partial charge on any atom is -0.462 e. The highest BCUT2D eigenvalue weighted by molar-refractivity contribution is 7.47. The van der Waals surface area contributed by atoms with Crippen LogP contribution in [0.15, 0.2) is 24.3 Å². The van der Waals surface area contributed by atoms with E-state index in [1.54, 1.807) is 0 Å². The van der Waals surface area contributed by atoms with Crippen LogP contribution in [0.5, 0.6) is 0 Å². The molecule has 92 heavy (non-hydrogen) atoms. The maximum Gasteiger partial charge on any atom is 0.472 e. The zero-order chi connectivity index (χ0) is 68.0. The summed E-state index contributed by atoms with van der Waals surface area (Å²) >= 11 is 0. The van der Waals surface area contributed by atoms with E-state index in [0.29, 0.717) is 25.7 Å². The number of aliphatic hydroxyl groups is 1. The van der Waals surface area contributed by atoms with Gasteiger partial charge in [-0.3, -0.25) is 37.3 Å². The summed E-state index contributed by atoms with van der Waals surface area (Å²) in [5.74, 6) is 0.0943. The molecule has 3 N–H and O–H groups in total. The van der Waals surface area contributed by atoms with Gasteiger partial charge in [-0.25, -0.2) is 9.13 Å². The van der Waals surface area contributed by atoms with Gasteiger partial charge in [0.2, 0.25) is 0 Å². The Balaban J connectivity index is 5.30. The predicted molar refractivity (Wildman–Crippen MR) is 372 cm³/mol. The summed E-state index contributed by atoms with van der Waals surface area (Å²) in [5.41, 5.74) is 0. The Labute approximate surface area is 561 Å². The van der Waals surface area contributed by atoms with Crippen molar-refractivity contribution in [2.45, 2.75) is 362 Å². The van der Waals surface area contributed by atoms with Crippen LogP contribution in [-0.4, -0.2) is 96.7 Å². The molecule has 0 aliphatic rings. The van der Waals surface area contributed by atoms with Crippen molar-refractivity contribution in [3.63, 3.8) is 0 Å². The van der Waals surface area contributed by atoms with Gasteiger partial charge in [0.05, 0.1) is 26.4 Å².